The number of hydrogen-bond acceptors (Lipinski definition) is 3. The average molecular weight is 258 g/mol. The Morgan fingerprint density at radius 2 is 1.74 bits per heavy atom. The molecule has 3 heteroatoms. The molecule has 0 saturated heterocycles. The second-order valence-corrected chi connectivity index (χ2v) is 3.60. The smallest absolute Gasteiger partial charge is 0.161 e. The average Bonchev–Trinajstić information content (AvgIpc) is 2.50. The van der Waals surface area contributed by atoms with Gasteiger partial charge in [-0.3, -0.25) is 4.79 Å². The number of phenols is 1. The summed E-state index contributed by atoms with van der Waals surface area (Å²) in [7, 11) is 1.45. The van der Waals surface area contributed by atoms with Crippen molar-refractivity contribution in [2.75, 3.05) is 7.11 Å². The van der Waals surface area contributed by atoms with Gasteiger partial charge in [-0.05, 0) is 23.3 Å². The lowest BCUT2D eigenvalue weighted by atomic mass is 9.99. The molecular weight excluding hydrogens is 240 g/mol. The zero-order valence-corrected chi connectivity index (χ0v) is 11.4. The maximum absolute atomic E-state index is 11.0. The molecule has 0 fully saturated rings. The number of carbonyl (C=O) groups is 1. The van der Waals surface area contributed by atoms with Crippen molar-refractivity contribution in [2.45, 2.75) is 13.8 Å². The Morgan fingerprint density at radius 1 is 1.11 bits per heavy atom. The molecule has 0 unspecified atom stereocenters. The summed E-state index contributed by atoms with van der Waals surface area (Å²) in [6, 6.07) is 12.5. The van der Waals surface area contributed by atoms with E-state index in [0.29, 0.717) is 16.9 Å². The molecule has 0 aliphatic carbocycles. The van der Waals surface area contributed by atoms with Crippen molar-refractivity contribution in [3.8, 4) is 22.6 Å². The first-order valence-electron chi connectivity index (χ1n) is 6.18. The minimum atomic E-state index is 0.0250. The van der Waals surface area contributed by atoms with Crippen LogP contribution >= 0.6 is 0 Å². The summed E-state index contributed by atoms with van der Waals surface area (Å²) in [5.41, 5.74) is 2.07. The zero-order valence-electron chi connectivity index (χ0n) is 11.4. The summed E-state index contributed by atoms with van der Waals surface area (Å²) in [6.07, 6.45) is 0.754. The molecule has 2 aromatic carbocycles. The van der Waals surface area contributed by atoms with E-state index in [1.54, 1.807) is 0 Å². The van der Waals surface area contributed by atoms with E-state index in [4.69, 9.17) is 4.74 Å². The lowest BCUT2D eigenvalue weighted by Crippen LogP contribution is -1.91. The van der Waals surface area contributed by atoms with Gasteiger partial charge in [-0.2, -0.15) is 0 Å². The number of hydrogen-bond donors (Lipinski definition) is 1. The van der Waals surface area contributed by atoms with Gasteiger partial charge in [0.05, 0.1) is 7.11 Å². The summed E-state index contributed by atoms with van der Waals surface area (Å²) in [5, 5.41) is 9.73. The fourth-order valence-electron chi connectivity index (χ4n) is 1.71. The molecule has 0 atom stereocenters. The monoisotopic (exact) mass is 258 g/mol. The first-order chi connectivity index (χ1) is 9.26. The maximum Gasteiger partial charge on any atom is 0.161 e. The maximum atomic E-state index is 11.0. The van der Waals surface area contributed by atoms with E-state index >= 15 is 0 Å². The molecule has 0 bridgehead atoms. The Labute approximate surface area is 113 Å². The van der Waals surface area contributed by atoms with Gasteiger partial charge >= 0.3 is 0 Å². The van der Waals surface area contributed by atoms with Crippen LogP contribution in [0.3, 0.4) is 0 Å². The van der Waals surface area contributed by atoms with Crippen LogP contribution in [-0.4, -0.2) is 18.5 Å². The highest BCUT2D eigenvalue weighted by molar-refractivity contribution is 5.89. The molecule has 19 heavy (non-hydrogen) atoms. The van der Waals surface area contributed by atoms with E-state index in [9.17, 15) is 9.90 Å². The van der Waals surface area contributed by atoms with E-state index in [0.717, 1.165) is 11.8 Å². The van der Waals surface area contributed by atoms with Crippen molar-refractivity contribution >= 4 is 6.29 Å². The first kappa shape index (κ1) is 14.8. The molecular formula is C16H18O3. The molecule has 1 N–H and O–H groups in total. The topological polar surface area (TPSA) is 46.5 Å². The highest BCUT2D eigenvalue weighted by Gasteiger charge is 2.10. The number of benzene rings is 2. The first-order valence-corrected chi connectivity index (χ1v) is 6.18. The van der Waals surface area contributed by atoms with Gasteiger partial charge in [0.1, 0.15) is 0 Å². The standard InChI is InChI=1S/C14H12O3.C2H6/c1-17-14-7-11(9-15)12(8-13(14)16)10-5-3-2-4-6-10;1-2/h2-9,16H,1H3;1-2H3. The van der Waals surface area contributed by atoms with E-state index in [2.05, 4.69) is 0 Å². The van der Waals surface area contributed by atoms with Gasteiger partial charge < -0.3 is 9.84 Å². The van der Waals surface area contributed by atoms with E-state index in [1.165, 1.54) is 19.2 Å². The second kappa shape index (κ2) is 7.21. The highest BCUT2D eigenvalue weighted by Crippen LogP contribution is 2.34. The molecule has 0 radical (unpaired) electrons. The van der Waals surface area contributed by atoms with Crippen LogP contribution in [0.5, 0.6) is 11.5 Å². The Kier molecular flexibility index (Phi) is 5.61. The van der Waals surface area contributed by atoms with Crippen LogP contribution < -0.4 is 4.74 Å². The van der Waals surface area contributed by atoms with E-state index in [-0.39, 0.29) is 5.75 Å². The van der Waals surface area contributed by atoms with Crippen LogP contribution in [0.25, 0.3) is 11.1 Å². The van der Waals surface area contributed by atoms with Crippen molar-refractivity contribution in [1.82, 2.24) is 0 Å². The summed E-state index contributed by atoms with van der Waals surface area (Å²) < 4.78 is 4.97. The highest BCUT2D eigenvalue weighted by atomic mass is 16.5. The Hall–Kier alpha value is -2.29. The van der Waals surface area contributed by atoms with Crippen LogP contribution in [0.4, 0.5) is 0 Å². The fraction of sp³-hybridized carbons (Fsp3) is 0.188. The van der Waals surface area contributed by atoms with Crippen molar-refractivity contribution in [3.63, 3.8) is 0 Å². The van der Waals surface area contributed by atoms with Crippen LogP contribution in [0, 0.1) is 0 Å². The van der Waals surface area contributed by atoms with Crippen molar-refractivity contribution < 1.29 is 14.6 Å². The minimum absolute atomic E-state index is 0.0250. The molecule has 0 amide bonds. The molecule has 0 spiro atoms. The Morgan fingerprint density at radius 3 is 2.26 bits per heavy atom. The molecule has 2 rings (SSSR count). The van der Waals surface area contributed by atoms with Gasteiger partial charge in [0.25, 0.3) is 0 Å². The summed E-state index contributed by atoms with van der Waals surface area (Å²) in [6.45, 7) is 4.00. The van der Waals surface area contributed by atoms with Gasteiger partial charge in [-0.15, -0.1) is 0 Å². The number of carbonyl (C=O) groups excluding carboxylic acids is 1. The minimum Gasteiger partial charge on any atom is -0.504 e. The number of aldehydes is 1. The van der Waals surface area contributed by atoms with Gasteiger partial charge in [-0.1, -0.05) is 44.2 Å². The lowest BCUT2D eigenvalue weighted by molar-refractivity contribution is 0.112. The largest absolute Gasteiger partial charge is 0.504 e. The number of ether oxygens (including phenoxy) is 1. The van der Waals surface area contributed by atoms with Gasteiger partial charge in [0.2, 0.25) is 0 Å². The number of phenolic OH excluding ortho intramolecular Hbond substituents is 1. The van der Waals surface area contributed by atoms with Gasteiger partial charge in [0.15, 0.2) is 17.8 Å². The van der Waals surface area contributed by atoms with Gasteiger partial charge in [-0.25, -0.2) is 0 Å². The summed E-state index contributed by atoms with van der Waals surface area (Å²) >= 11 is 0. The fourth-order valence-corrected chi connectivity index (χ4v) is 1.71. The SMILES string of the molecule is CC.COc1cc(C=O)c(-c2ccccc2)cc1O. The van der Waals surface area contributed by atoms with Crippen molar-refractivity contribution in [2.24, 2.45) is 0 Å². The third-order valence-corrected chi connectivity index (χ3v) is 2.56. The predicted molar refractivity (Wildman–Crippen MR) is 76.8 cm³/mol. The second-order valence-electron chi connectivity index (χ2n) is 3.60. The van der Waals surface area contributed by atoms with Crippen LogP contribution in [-0.2, 0) is 0 Å². The molecule has 100 valence electrons. The molecule has 3 nitrogen and oxygen atoms in total. The molecule has 2 aromatic rings. The van der Waals surface area contributed by atoms with Crippen molar-refractivity contribution in [3.05, 3.63) is 48.0 Å². The predicted octanol–water partition coefficient (Wildman–Crippen LogP) is 3.91. The summed E-state index contributed by atoms with van der Waals surface area (Å²) in [5.74, 6) is 0.323. The van der Waals surface area contributed by atoms with Gasteiger partial charge in [0, 0.05) is 5.56 Å². The lowest BCUT2D eigenvalue weighted by Gasteiger charge is -2.09. The number of methoxy groups -OCH3 is 1. The molecule has 0 aliphatic rings. The molecule has 0 heterocycles. The normalized spacial score (nSPS) is 9.21. The quantitative estimate of drug-likeness (QED) is 0.849. The number of aromatic hydroxyl groups is 1. The van der Waals surface area contributed by atoms with Crippen LogP contribution in [0.15, 0.2) is 42.5 Å². The van der Waals surface area contributed by atoms with Crippen LogP contribution in [0.1, 0.15) is 24.2 Å². The van der Waals surface area contributed by atoms with E-state index in [1.807, 2.05) is 44.2 Å². The third-order valence-electron chi connectivity index (χ3n) is 2.56. The third kappa shape index (κ3) is 3.35. The van der Waals surface area contributed by atoms with E-state index < -0.39 is 0 Å². The number of rotatable bonds is 3. The zero-order chi connectivity index (χ0) is 14.3. The Bertz CT molecular complexity index is 533. The van der Waals surface area contributed by atoms with Crippen molar-refractivity contribution in [1.29, 1.82) is 0 Å². The molecule has 0 aromatic heterocycles. The Balaban J connectivity index is 0.000000861. The van der Waals surface area contributed by atoms with Crippen LogP contribution in [0.2, 0.25) is 0 Å². The summed E-state index contributed by atoms with van der Waals surface area (Å²) in [4.78, 5) is 11.0. The molecule has 0 saturated carbocycles. The molecule has 0 aliphatic heterocycles.